The number of urea groups is 2. The molecule has 0 unspecified atom stereocenters. The predicted molar refractivity (Wildman–Crippen MR) is 104 cm³/mol. The van der Waals surface area contributed by atoms with Gasteiger partial charge in [-0.2, -0.15) is 0 Å². The predicted octanol–water partition coefficient (Wildman–Crippen LogP) is 0.283. The van der Waals surface area contributed by atoms with Crippen molar-refractivity contribution in [3.05, 3.63) is 0 Å². The summed E-state index contributed by atoms with van der Waals surface area (Å²) in [7, 11) is 0. The van der Waals surface area contributed by atoms with E-state index in [1.807, 2.05) is 19.2 Å². The standard InChI is InChI=1S/C19H30N4O7/c1-3-29-10-6-9-20-17(27)21-14(24)12-30-15(25)11-23-16(26)19(22-18(23)28)8-5-4-7-13(19)2/h13H,3-12H2,1-2H3,(H,22,28)(H2,20,21,24,27)/t13-,19-/m0/s1. The van der Waals surface area contributed by atoms with Crippen molar-refractivity contribution in [3.63, 3.8) is 0 Å². The number of amides is 6. The Morgan fingerprint density at radius 2 is 2.03 bits per heavy atom. The van der Waals surface area contributed by atoms with Crippen LogP contribution in [-0.2, 0) is 23.9 Å². The summed E-state index contributed by atoms with van der Waals surface area (Å²) >= 11 is 0. The van der Waals surface area contributed by atoms with Crippen LogP contribution < -0.4 is 16.0 Å². The van der Waals surface area contributed by atoms with Gasteiger partial charge in [0.05, 0.1) is 0 Å². The number of ether oxygens (including phenoxy) is 2. The minimum Gasteiger partial charge on any atom is -0.454 e. The fraction of sp³-hybridized carbons (Fsp3) is 0.737. The first-order chi connectivity index (χ1) is 14.3. The highest BCUT2D eigenvalue weighted by atomic mass is 16.5. The topological polar surface area (TPSA) is 143 Å². The number of imide groups is 2. The van der Waals surface area contributed by atoms with Crippen molar-refractivity contribution in [1.29, 1.82) is 0 Å². The summed E-state index contributed by atoms with van der Waals surface area (Å²) in [6.45, 7) is 3.88. The maximum atomic E-state index is 12.8. The molecule has 1 spiro atoms. The fourth-order valence-electron chi connectivity index (χ4n) is 3.69. The number of nitrogens with one attached hydrogen (secondary N) is 3. The Balaban J connectivity index is 1.72. The lowest BCUT2D eigenvalue weighted by molar-refractivity contribution is -0.151. The van der Waals surface area contributed by atoms with Gasteiger partial charge in [0.2, 0.25) is 0 Å². The maximum absolute atomic E-state index is 12.8. The second kappa shape index (κ2) is 10.9. The lowest BCUT2D eigenvalue weighted by atomic mass is 9.73. The SMILES string of the molecule is CCOCCCNC(=O)NC(=O)COC(=O)CN1C(=O)N[C@]2(CCCC[C@@H]2C)C1=O. The van der Waals surface area contributed by atoms with E-state index in [-0.39, 0.29) is 5.92 Å². The molecule has 0 aromatic carbocycles. The molecule has 0 bridgehead atoms. The van der Waals surface area contributed by atoms with E-state index in [4.69, 9.17) is 9.47 Å². The van der Waals surface area contributed by atoms with Crippen molar-refractivity contribution in [2.24, 2.45) is 5.92 Å². The number of nitrogens with zero attached hydrogens (tertiary/aromatic N) is 1. The van der Waals surface area contributed by atoms with Crippen LogP contribution in [-0.4, -0.2) is 73.2 Å². The van der Waals surface area contributed by atoms with Crippen molar-refractivity contribution in [2.75, 3.05) is 32.9 Å². The van der Waals surface area contributed by atoms with E-state index in [2.05, 4.69) is 10.6 Å². The molecule has 2 aliphatic rings. The first-order valence-electron chi connectivity index (χ1n) is 10.2. The Labute approximate surface area is 175 Å². The highest BCUT2D eigenvalue weighted by molar-refractivity contribution is 6.09. The van der Waals surface area contributed by atoms with Crippen molar-refractivity contribution >= 4 is 29.8 Å². The smallest absolute Gasteiger partial charge is 0.326 e. The van der Waals surface area contributed by atoms with E-state index >= 15 is 0 Å². The molecule has 6 amide bonds. The summed E-state index contributed by atoms with van der Waals surface area (Å²) in [6.07, 6.45) is 3.76. The first kappa shape index (κ1) is 23.6. The number of carbonyl (C=O) groups is 5. The summed E-state index contributed by atoms with van der Waals surface area (Å²) in [4.78, 5) is 61.1. The van der Waals surface area contributed by atoms with E-state index in [1.165, 1.54) is 0 Å². The summed E-state index contributed by atoms with van der Waals surface area (Å²) in [6, 6.07) is -1.35. The van der Waals surface area contributed by atoms with Crippen molar-refractivity contribution in [1.82, 2.24) is 20.9 Å². The van der Waals surface area contributed by atoms with Gasteiger partial charge in [-0.25, -0.2) is 9.59 Å². The van der Waals surface area contributed by atoms with Crippen molar-refractivity contribution in [3.8, 4) is 0 Å². The molecule has 1 heterocycles. The van der Waals surface area contributed by atoms with Crippen LogP contribution in [0.25, 0.3) is 0 Å². The highest BCUT2D eigenvalue weighted by Crippen LogP contribution is 2.38. The normalized spacial score (nSPS) is 23.3. The van der Waals surface area contributed by atoms with Crippen LogP contribution in [0.4, 0.5) is 9.59 Å². The Morgan fingerprint density at radius 1 is 1.27 bits per heavy atom. The van der Waals surface area contributed by atoms with Crippen LogP contribution in [0.3, 0.4) is 0 Å². The molecule has 1 saturated heterocycles. The molecule has 11 heteroatoms. The molecule has 168 valence electrons. The molecule has 1 saturated carbocycles. The summed E-state index contributed by atoms with van der Waals surface area (Å²) in [5, 5.41) is 7.23. The van der Waals surface area contributed by atoms with Gasteiger partial charge in [-0.1, -0.05) is 19.8 Å². The van der Waals surface area contributed by atoms with Crippen LogP contribution >= 0.6 is 0 Å². The molecule has 0 aromatic heterocycles. The minimum atomic E-state index is -0.965. The first-order valence-corrected chi connectivity index (χ1v) is 10.2. The average molecular weight is 426 g/mol. The zero-order valence-electron chi connectivity index (χ0n) is 17.5. The second-order valence-electron chi connectivity index (χ2n) is 7.45. The van der Waals surface area contributed by atoms with Crippen LogP contribution in [0.2, 0.25) is 0 Å². The van der Waals surface area contributed by atoms with Crippen LogP contribution in [0.1, 0.15) is 46.0 Å². The van der Waals surface area contributed by atoms with E-state index in [1.54, 1.807) is 0 Å². The monoisotopic (exact) mass is 426 g/mol. The van der Waals surface area contributed by atoms with Gasteiger partial charge < -0.3 is 20.1 Å². The zero-order valence-corrected chi connectivity index (χ0v) is 17.5. The third-order valence-corrected chi connectivity index (χ3v) is 5.36. The van der Waals surface area contributed by atoms with E-state index in [0.717, 1.165) is 24.2 Å². The van der Waals surface area contributed by atoms with Gasteiger partial charge in [0.1, 0.15) is 12.1 Å². The highest BCUT2D eigenvalue weighted by Gasteiger charge is 2.55. The molecule has 2 atom stereocenters. The molecule has 3 N–H and O–H groups in total. The molecule has 2 rings (SSSR count). The van der Waals surface area contributed by atoms with Gasteiger partial charge in [-0.15, -0.1) is 0 Å². The number of esters is 1. The molecule has 1 aliphatic heterocycles. The molecular formula is C19H30N4O7. The van der Waals surface area contributed by atoms with Gasteiger partial charge in [0, 0.05) is 19.8 Å². The largest absolute Gasteiger partial charge is 0.454 e. The molecule has 0 radical (unpaired) electrons. The van der Waals surface area contributed by atoms with E-state index in [9.17, 15) is 24.0 Å². The summed E-state index contributed by atoms with van der Waals surface area (Å²) in [5.41, 5.74) is -0.965. The molecular weight excluding hydrogens is 396 g/mol. The van der Waals surface area contributed by atoms with Gasteiger partial charge in [0.25, 0.3) is 11.8 Å². The third-order valence-electron chi connectivity index (χ3n) is 5.36. The van der Waals surface area contributed by atoms with E-state index < -0.39 is 48.5 Å². The third kappa shape index (κ3) is 5.91. The lowest BCUT2D eigenvalue weighted by Crippen LogP contribution is -2.54. The summed E-state index contributed by atoms with van der Waals surface area (Å²) in [5.74, 6) is -2.19. The van der Waals surface area contributed by atoms with Gasteiger partial charge >= 0.3 is 18.0 Å². The number of hydrogen-bond acceptors (Lipinski definition) is 7. The number of rotatable bonds is 9. The fourth-order valence-corrected chi connectivity index (χ4v) is 3.69. The van der Waals surface area contributed by atoms with Crippen molar-refractivity contribution in [2.45, 2.75) is 51.5 Å². The quantitative estimate of drug-likeness (QED) is 0.273. The molecule has 1 aliphatic carbocycles. The number of carbonyl (C=O) groups excluding carboxylic acids is 5. The van der Waals surface area contributed by atoms with Gasteiger partial charge in [0.15, 0.2) is 6.61 Å². The zero-order chi connectivity index (χ0) is 22.1. The average Bonchev–Trinajstić information content (AvgIpc) is 2.93. The Bertz CT molecular complexity index is 684. The minimum absolute atomic E-state index is 0.0263. The van der Waals surface area contributed by atoms with Crippen LogP contribution in [0, 0.1) is 5.92 Å². The molecule has 2 fully saturated rings. The lowest BCUT2D eigenvalue weighted by Gasteiger charge is -2.36. The van der Waals surface area contributed by atoms with Gasteiger partial charge in [-0.3, -0.25) is 24.6 Å². The second-order valence-corrected chi connectivity index (χ2v) is 7.45. The van der Waals surface area contributed by atoms with Crippen molar-refractivity contribution < 1.29 is 33.4 Å². The van der Waals surface area contributed by atoms with Crippen LogP contribution in [0.15, 0.2) is 0 Å². The van der Waals surface area contributed by atoms with E-state index in [0.29, 0.717) is 32.6 Å². The summed E-state index contributed by atoms with van der Waals surface area (Å²) < 4.78 is 9.92. The number of hydrogen-bond donors (Lipinski definition) is 3. The molecule has 0 aromatic rings. The van der Waals surface area contributed by atoms with Crippen LogP contribution in [0.5, 0.6) is 0 Å². The van der Waals surface area contributed by atoms with Gasteiger partial charge in [-0.05, 0) is 32.1 Å². The maximum Gasteiger partial charge on any atom is 0.326 e. The Kier molecular flexibility index (Phi) is 8.58. The Morgan fingerprint density at radius 3 is 2.73 bits per heavy atom. The molecule has 11 nitrogen and oxygen atoms in total. The Hall–Kier alpha value is -2.69. The molecule has 30 heavy (non-hydrogen) atoms.